The van der Waals surface area contributed by atoms with Crippen LogP contribution < -0.4 is 4.74 Å². The Morgan fingerprint density at radius 1 is 1.56 bits per heavy atom. The maximum Gasteiger partial charge on any atom is 0.337 e. The Hall–Kier alpha value is -2.08. The van der Waals surface area contributed by atoms with Crippen LogP contribution in [0, 0.1) is 0 Å². The number of carboxylic acids is 1. The summed E-state index contributed by atoms with van der Waals surface area (Å²) in [5.74, 6) is -0.857. The summed E-state index contributed by atoms with van der Waals surface area (Å²) < 4.78 is 5.01. The average Bonchev–Trinajstić information content (AvgIpc) is 2.74. The third kappa shape index (κ3) is 1.59. The highest BCUT2D eigenvalue weighted by Crippen LogP contribution is 2.27. The van der Waals surface area contributed by atoms with Crippen LogP contribution in [0.1, 0.15) is 11.7 Å². The molecule has 1 atom stereocenters. The van der Waals surface area contributed by atoms with Crippen molar-refractivity contribution in [3.63, 3.8) is 0 Å². The molecule has 0 aliphatic carbocycles. The molecule has 0 aliphatic heterocycles. The van der Waals surface area contributed by atoms with Crippen molar-refractivity contribution < 1.29 is 19.7 Å². The molecule has 0 saturated heterocycles. The smallest absolute Gasteiger partial charge is 0.337 e. The van der Waals surface area contributed by atoms with E-state index in [1.165, 1.54) is 19.5 Å². The predicted molar refractivity (Wildman–Crippen MR) is 55.2 cm³/mol. The maximum absolute atomic E-state index is 10.7. The Labute approximate surface area is 90.5 Å². The number of aliphatic hydroxyl groups is 1. The van der Waals surface area contributed by atoms with Crippen molar-refractivity contribution in [1.29, 1.82) is 0 Å². The standard InChI is InChI=1S/C10H10N2O4/c1-16-5-2-6(9(13)10(14)15)8-7(3-5)11-4-12-8/h2-4,9,13H,1H3,(H,11,12)(H,14,15). The number of H-pyrrole nitrogens is 1. The number of nitrogens with zero attached hydrogens (tertiary/aromatic N) is 1. The Balaban J connectivity index is 2.65. The molecular formula is C10H10N2O4. The topological polar surface area (TPSA) is 95.4 Å². The Kier molecular flexibility index (Phi) is 2.49. The van der Waals surface area contributed by atoms with Gasteiger partial charge in [0.05, 0.1) is 24.5 Å². The van der Waals surface area contributed by atoms with Crippen LogP contribution in [-0.4, -0.2) is 33.3 Å². The number of rotatable bonds is 3. The molecule has 2 rings (SSSR count). The van der Waals surface area contributed by atoms with E-state index in [1.54, 1.807) is 6.07 Å². The van der Waals surface area contributed by atoms with Crippen LogP contribution in [0.25, 0.3) is 11.0 Å². The molecule has 1 aromatic heterocycles. The van der Waals surface area contributed by atoms with Gasteiger partial charge in [-0.15, -0.1) is 0 Å². The second-order valence-electron chi connectivity index (χ2n) is 3.26. The van der Waals surface area contributed by atoms with Crippen molar-refractivity contribution in [2.24, 2.45) is 0 Å². The number of carbonyl (C=O) groups is 1. The molecule has 1 heterocycles. The number of methoxy groups -OCH3 is 1. The van der Waals surface area contributed by atoms with E-state index in [0.29, 0.717) is 16.8 Å². The van der Waals surface area contributed by atoms with Crippen molar-refractivity contribution in [2.45, 2.75) is 6.10 Å². The highest BCUT2D eigenvalue weighted by molar-refractivity contribution is 5.86. The van der Waals surface area contributed by atoms with Crippen LogP contribution in [0.3, 0.4) is 0 Å². The molecule has 0 radical (unpaired) electrons. The van der Waals surface area contributed by atoms with Crippen LogP contribution in [0.15, 0.2) is 18.5 Å². The lowest BCUT2D eigenvalue weighted by molar-refractivity contribution is -0.146. The summed E-state index contributed by atoms with van der Waals surface area (Å²) in [4.78, 5) is 17.5. The predicted octanol–water partition coefficient (Wildman–Crippen LogP) is 0.690. The summed E-state index contributed by atoms with van der Waals surface area (Å²) >= 11 is 0. The van der Waals surface area contributed by atoms with Crippen molar-refractivity contribution in [1.82, 2.24) is 9.97 Å². The molecule has 2 aromatic rings. The van der Waals surface area contributed by atoms with Gasteiger partial charge < -0.3 is 19.9 Å². The Morgan fingerprint density at radius 2 is 2.31 bits per heavy atom. The van der Waals surface area contributed by atoms with E-state index in [2.05, 4.69) is 9.97 Å². The number of ether oxygens (including phenoxy) is 1. The summed E-state index contributed by atoms with van der Waals surface area (Å²) in [7, 11) is 1.47. The van der Waals surface area contributed by atoms with Gasteiger partial charge in [0.2, 0.25) is 0 Å². The van der Waals surface area contributed by atoms with E-state index in [9.17, 15) is 9.90 Å². The number of imidazole rings is 1. The van der Waals surface area contributed by atoms with Gasteiger partial charge >= 0.3 is 5.97 Å². The van der Waals surface area contributed by atoms with Crippen LogP contribution in [0.5, 0.6) is 5.75 Å². The lowest BCUT2D eigenvalue weighted by Gasteiger charge is -2.08. The normalized spacial score (nSPS) is 12.6. The lowest BCUT2D eigenvalue weighted by Crippen LogP contribution is -2.11. The SMILES string of the molecule is COc1cc(C(O)C(=O)O)c2nc[nH]c2c1. The van der Waals surface area contributed by atoms with E-state index in [0.717, 1.165) is 0 Å². The minimum atomic E-state index is -1.61. The molecule has 0 aliphatic rings. The first-order valence-electron chi connectivity index (χ1n) is 4.55. The third-order valence-corrected chi connectivity index (χ3v) is 2.29. The monoisotopic (exact) mass is 222 g/mol. The molecule has 16 heavy (non-hydrogen) atoms. The zero-order chi connectivity index (χ0) is 11.7. The van der Waals surface area contributed by atoms with Crippen molar-refractivity contribution in [3.8, 4) is 5.75 Å². The highest BCUT2D eigenvalue weighted by Gasteiger charge is 2.21. The molecule has 6 heteroatoms. The number of nitrogens with one attached hydrogen (secondary N) is 1. The van der Waals surface area contributed by atoms with Gasteiger partial charge in [0.15, 0.2) is 6.10 Å². The van der Waals surface area contributed by atoms with Gasteiger partial charge in [-0.25, -0.2) is 9.78 Å². The summed E-state index contributed by atoms with van der Waals surface area (Å²) in [5.41, 5.74) is 1.26. The van der Waals surface area contributed by atoms with E-state index in [4.69, 9.17) is 9.84 Å². The second kappa shape index (κ2) is 3.82. The summed E-state index contributed by atoms with van der Waals surface area (Å²) in [6.07, 6.45) is -0.178. The molecule has 0 saturated carbocycles. The van der Waals surface area contributed by atoms with Gasteiger partial charge in [-0.1, -0.05) is 0 Å². The van der Waals surface area contributed by atoms with E-state index in [-0.39, 0.29) is 5.56 Å². The minimum absolute atomic E-state index is 0.211. The average molecular weight is 222 g/mol. The second-order valence-corrected chi connectivity index (χ2v) is 3.26. The van der Waals surface area contributed by atoms with Gasteiger partial charge in [0.1, 0.15) is 5.75 Å². The fourth-order valence-electron chi connectivity index (χ4n) is 1.51. The number of fused-ring (bicyclic) bond motifs is 1. The van der Waals surface area contributed by atoms with Gasteiger partial charge in [-0.05, 0) is 6.07 Å². The van der Waals surface area contributed by atoms with E-state index >= 15 is 0 Å². The molecule has 0 bridgehead atoms. The van der Waals surface area contributed by atoms with E-state index in [1.807, 2.05) is 0 Å². The number of aromatic nitrogens is 2. The van der Waals surface area contributed by atoms with Crippen LogP contribution in [-0.2, 0) is 4.79 Å². The fraction of sp³-hybridized carbons (Fsp3) is 0.200. The molecule has 84 valence electrons. The van der Waals surface area contributed by atoms with Gasteiger partial charge in [-0.2, -0.15) is 0 Å². The highest BCUT2D eigenvalue weighted by atomic mass is 16.5. The molecule has 0 amide bonds. The molecule has 6 nitrogen and oxygen atoms in total. The first-order chi connectivity index (χ1) is 7.63. The quantitative estimate of drug-likeness (QED) is 0.710. The number of aromatic amines is 1. The number of aliphatic hydroxyl groups excluding tert-OH is 1. The largest absolute Gasteiger partial charge is 0.497 e. The number of hydrogen-bond acceptors (Lipinski definition) is 4. The third-order valence-electron chi connectivity index (χ3n) is 2.29. The van der Waals surface area contributed by atoms with Crippen LogP contribution in [0.4, 0.5) is 0 Å². The summed E-state index contributed by atoms with van der Waals surface area (Å²) in [6.45, 7) is 0. The zero-order valence-corrected chi connectivity index (χ0v) is 8.47. The van der Waals surface area contributed by atoms with Gasteiger partial charge in [0, 0.05) is 11.6 Å². The maximum atomic E-state index is 10.7. The first-order valence-corrected chi connectivity index (χ1v) is 4.55. The lowest BCUT2D eigenvalue weighted by atomic mass is 10.1. The Morgan fingerprint density at radius 3 is 2.94 bits per heavy atom. The summed E-state index contributed by atoms with van der Waals surface area (Å²) in [5, 5.41) is 18.3. The molecule has 0 fully saturated rings. The van der Waals surface area contributed by atoms with Crippen molar-refractivity contribution >= 4 is 17.0 Å². The molecule has 0 spiro atoms. The fourth-order valence-corrected chi connectivity index (χ4v) is 1.51. The number of carboxylic acid groups (broad SMARTS) is 1. The number of hydrogen-bond donors (Lipinski definition) is 3. The number of benzene rings is 1. The molecular weight excluding hydrogens is 212 g/mol. The number of aliphatic carboxylic acids is 1. The van der Waals surface area contributed by atoms with Crippen LogP contribution >= 0.6 is 0 Å². The van der Waals surface area contributed by atoms with Crippen LogP contribution in [0.2, 0.25) is 0 Å². The molecule has 3 N–H and O–H groups in total. The molecule has 1 aromatic carbocycles. The minimum Gasteiger partial charge on any atom is -0.497 e. The first kappa shape index (κ1) is 10.4. The van der Waals surface area contributed by atoms with Crippen molar-refractivity contribution in [2.75, 3.05) is 7.11 Å². The summed E-state index contributed by atoms with van der Waals surface area (Å²) in [6, 6.07) is 3.14. The van der Waals surface area contributed by atoms with E-state index < -0.39 is 12.1 Å². The van der Waals surface area contributed by atoms with Gasteiger partial charge in [0.25, 0.3) is 0 Å². The Bertz CT molecular complexity index is 535. The zero-order valence-electron chi connectivity index (χ0n) is 8.47. The van der Waals surface area contributed by atoms with Gasteiger partial charge in [-0.3, -0.25) is 0 Å². The van der Waals surface area contributed by atoms with Crippen molar-refractivity contribution in [3.05, 3.63) is 24.0 Å². The molecule has 1 unspecified atom stereocenters.